The third kappa shape index (κ3) is 5.17. The highest BCUT2D eigenvalue weighted by atomic mass is 35.5. The van der Waals surface area contributed by atoms with Crippen molar-refractivity contribution in [2.24, 2.45) is 0 Å². The number of esters is 1. The maximum absolute atomic E-state index is 12.1. The summed E-state index contributed by atoms with van der Waals surface area (Å²) in [4.78, 5) is 20.8. The van der Waals surface area contributed by atoms with Crippen molar-refractivity contribution in [2.75, 3.05) is 13.2 Å². The van der Waals surface area contributed by atoms with Gasteiger partial charge in [-0.3, -0.25) is 0 Å². The van der Waals surface area contributed by atoms with Crippen LogP contribution in [0.5, 0.6) is 17.4 Å². The number of halogens is 1. The molecule has 7 nitrogen and oxygen atoms in total. The van der Waals surface area contributed by atoms with E-state index < -0.39 is 12.1 Å². The molecule has 1 aliphatic heterocycles. The third-order valence-electron chi connectivity index (χ3n) is 4.61. The van der Waals surface area contributed by atoms with Crippen LogP contribution in [0.15, 0.2) is 48.7 Å². The number of hydrogen-bond acceptors (Lipinski definition) is 7. The van der Waals surface area contributed by atoms with Gasteiger partial charge in [0.2, 0.25) is 5.88 Å². The van der Waals surface area contributed by atoms with Crippen molar-refractivity contribution < 1.29 is 23.7 Å². The summed E-state index contributed by atoms with van der Waals surface area (Å²) in [6.07, 6.45) is 2.72. The second kappa shape index (κ2) is 9.28. The van der Waals surface area contributed by atoms with E-state index >= 15 is 0 Å². The fourth-order valence-electron chi connectivity index (χ4n) is 3.04. The molecule has 30 heavy (non-hydrogen) atoms. The minimum atomic E-state index is -0.726. The van der Waals surface area contributed by atoms with E-state index in [2.05, 4.69) is 9.97 Å². The van der Waals surface area contributed by atoms with E-state index in [9.17, 15) is 4.79 Å². The lowest BCUT2D eigenvalue weighted by molar-refractivity contribution is -0.154. The number of ether oxygens (including phenoxy) is 4. The highest BCUT2D eigenvalue weighted by molar-refractivity contribution is 6.31. The Labute approximate surface area is 178 Å². The number of carbonyl (C=O) groups excluding carboxylic acids is 1. The van der Waals surface area contributed by atoms with Crippen LogP contribution in [0.3, 0.4) is 0 Å². The van der Waals surface area contributed by atoms with Gasteiger partial charge in [0.1, 0.15) is 18.1 Å². The standard InChI is InChI=1S/C22H21ClN2O5/c1-14(22(26)28-13-18-3-2-10-27-18)29-16-5-7-17(8-6-16)30-21-12-24-20-11-15(23)4-9-19(20)25-21/h4-9,11-12,14,18H,2-3,10,13H2,1H3/t14-,18?/m0/s1. The van der Waals surface area contributed by atoms with Gasteiger partial charge in [0.15, 0.2) is 6.10 Å². The number of nitrogens with zero attached hydrogens (tertiary/aromatic N) is 2. The Morgan fingerprint density at radius 2 is 2.00 bits per heavy atom. The first-order chi connectivity index (χ1) is 14.6. The zero-order valence-corrected chi connectivity index (χ0v) is 17.2. The van der Waals surface area contributed by atoms with Crippen LogP contribution in [0.25, 0.3) is 11.0 Å². The Kier molecular flexibility index (Phi) is 6.30. The Bertz CT molecular complexity index is 1020. The van der Waals surface area contributed by atoms with Crippen molar-refractivity contribution in [1.29, 1.82) is 0 Å². The van der Waals surface area contributed by atoms with Crippen LogP contribution in [-0.4, -0.2) is 41.4 Å². The molecule has 0 radical (unpaired) electrons. The van der Waals surface area contributed by atoms with Gasteiger partial charge in [-0.05, 0) is 62.2 Å². The summed E-state index contributed by atoms with van der Waals surface area (Å²) >= 11 is 5.96. The number of hydrogen-bond donors (Lipinski definition) is 0. The number of carbonyl (C=O) groups is 1. The van der Waals surface area contributed by atoms with Crippen molar-refractivity contribution in [1.82, 2.24) is 9.97 Å². The maximum atomic E-state index is 12.1. The molecule has 2 aromatic carbocycles. The molecule has 0 aliphatic carbocycles. The lowest BCUT2D eigenvalue weighted by atomic mass is 10.2. The van der Waals surface area contributed by atoms with Crippen LogP contribution in [-0.2, 0) is 14.3 Å². The Balaban J connectivity index is 1.32. The van der Waals surface area contributed by atoms with Gasteiger partial charge < -0.3 is 18.9 Å². The van der Waals surface area contributed by atoms with Gasteiger partial charge in [0.05, 0.1) is 23.3 Å². The van der Waals surface area contributed by atoms with Crippen LogP contribution >= 0.6 is 11.6 Å². The second-order valence-corrected chi connectivity index (χ2v) is 7.38. The first-order valence-corrected chi connectivity index (χ1v) is 10.1. The van der Waals surface area contributed by atoms with Crippen molar-refractivity contribution in [3.8, 4) is 17.4 Å². The third-order valence-corrected chi connectivity index (χ3v) is 4.84. The average Bonchev–Trinajstić information content (AvgIpc) is 3.27. The van der Waals surface area contributed by atoms with Gasteiger partial charge in [-0.25, -0.2) is 14.8 Å². The monoisotopic (exact) mass is 428 g/mol. The predicted octanol–water partition coefficient (Wildman–Crippen LogP) is 4.57. The van der Waals surface area contributed by atoms with E-state index in [4.69, 9.17) is 30.5 Å². The highest BCUT2D eigenvalue weighted by Gasteiger charge is 2.21. The average molecular weight is 429 g/mol. The molecule has 1 unspecified atom stereocenters. The lowest BCUT2D eigenvalue weighted by Crippen LogP contribution is -2.29. The minimum absolute atomic E-state index is 0.00669. The smallest absolute Gasteiger partial charge is 0.347 e. The van der Waals surface area contributed by atoms with E-state index in [0.717, 1.165) is 19.4 Å². The van der Waals surface area contributed by atoms with Crippen LogP contribution in [0.4, 0.5) is 0 Å². The summed E-state index contributed by atoms with van der Waals surface area (Å²) in [6, 6.07) is 12.2. The summed E-state index contributed by atoms with van der Waals surface area (Å²) in [5.74, 6) is 1.05. The molecule has 156 valence electrons. The summed E-state index contributed by atoms with van der Waals surface area (Å²) in [6.45, 7) is 2.64. The van der Waals surface area contributed by atoms with Crippen molar-refractivity contribution >= 4 is 28.6 Å². The minimum Gasteiger partial charge on any atom is -0.479 e. The predicted molar refractivity (Wildman–Crippen MR) is 111 cm³/mol. The number of aromatic nitrogens is 2. The summed E-state index contributed by atoms with van der Waals surface area (Å²) in [5.41, 5.74) is 1.38. The first kappa shape index (κ1) is 20.4. The normalized spacial score (nSPS) is 16.9. The Morgan fingerprint density at radius 3 is 2.77 bits per heavy atom. The zero-order chi connectivity index (χ0) is 20.9. The van der Waals surface area contributed by atoms with Crippen molar-refractivity contribution in [2.45, 2.75) is 32.0 Å². The van der Waals surface area contributed by atoms with Gasteiger partial charge in [0, 0.05) is 11.6 Å². The summed E-state index contributed by atoms with van der Waals surface area (Å²) in [7, 11) is 0. The molecule has 1 aliphatic rings. The molecule has 0 saturated carbocycles. The van der Waals surface area contributed by atoms with Crippen LogP contribution in [0, 0.1) is 0 Å². The van der Waals surface area contributed by atoms with Crippen LogP contribution in [0.2, 0.25) is 5.02 Å². The molecule has 0 bridgehead atoms. The number of rotatable bonds is 7. The number of fused-ring (bicyclic) bond motifs is 1. The highest BCUT2D eigenvalue weighted by Crippen LogP contribution is 2.25. The largest absolute Gasteiger partial charge is 0.479 e. The fraction of sp³-hybridized carbons (Fsp3) is 0.318. The Hall–Kier alpha value is -2.90. The molecule has 2 atom stereocenters. The van der Waals surface area contributed by atoms with Crippen molar-refractivity contribution in [3.05, 3.63) is 53.7 Å². The van der Waals surface area contributed by atoms with Crippen molar-refractivity contribution in [3.63, 3.8) is 0 Å². The molecule has 2 heterocycles. The Morgan fingerprint density at radius 1 is 1.20 bits per heavy atom. The maximum Gasteiger partial charge on any atom is 0.347 e. The molecule has 1 aromatic heterocycles. The van der Waals surface area contributed by atoms with E-state index in [1.165, 1.54) is 6.20 Å². The van der Waals surface area contributed by atoms with Gasteiger partial charge in [-0.2, -0.15) is 0 Å². The SMILES string of the molecule is C[C@H](Oc1ccc(Oc2cnc3cc(Cl)ccc3n2)cc1)C(=O)OCC1CCCO1. The fourth-order valence-corrected chi connectivity index (χ4v) is 3.21. The second-order valence-electron chi connectivity index (χ2n) is 6.94. The van der Waals surface area contributed by atoms with Crippen LogP contribution < -0.4 is 9.47 Å². The molecule has 8 heteroatoms. The van der Waals surface area contributed by atoms with Gasteiger partial charge in [-0.1, -0.05) is 11.6 Å². The lowest BCUT2D eigenvalue weighted by Gasteiger charge is -2.16. The molecule has 1 fully saturated rings. The molecule has 0 spiro atoms. The molecular weight excluding hydrogens is 408 g/mol. The quantitative estimate of drug-likeness (QED) is 0.510. The first-order valence-electron chi connectivity index (χ1n) is 9.72. The summed E-state index contributed by atoms with van der Waals surface area (Å²) < 4.78 is 22.1. The molecule has 3 aromatic rings. The molecule has 4 rings (SSSR count). The molecule has 0 amide bonds. The number of benzene rings is 2. The topological polar surface area (TPSA) is 79.8 Å². The molecule has 0 N–H and O–H groups in total. The summed E-state index contributed by atoms with van der Waals surface area (Å²) in [5, 5.41) is 0.603. The van der Waals surface area contributed by atoms with Gasteiger partial charge >= 0.3 is 5.97 Å². The van der Waals surface area contributed by atoms with Gasteiger partial charge in [-0.15, -0.1) is 0 Å². The van der Waals surface area contributed by atoms with E-state index in [-0.39, 0.29) is 12.7 Å². The molecule has 1 saturated heterocycles. The van der Waals surface area contributed by atoms with Gasteiger partial charge in [0.25, 0.3) is 0 Å². The van der Waals surface area contributed by atoms with E-state index in [1.807, 2.05) is 0 Å². The molecular formula is C22H21ClN2O5. The van der Waals surface area contributed by atoms with Crippen LogP contribution in [0.1, 0.15) is 19.8 Å². The van der Waals surface area contributed by atoms with E-state index in [0.29, 0.717) is 33.4 Å². The van der Waals surface area contributed by atoms with E-state index in [1.54, 1.807) is 49.4 Å². The zero-order valence-electron chi connectivity index (χ0n) is 16.4.